The molecule has 6 heteroatoms. The summed E-state index contributed by atoms with van der Waals surface area (Å²) in [5, 5.41) is 3.24. The van der Waals surface area contributed by atoms with E-state index in [-0.39, 0.29) is 35.9 Å². The lowest BCUT2D eigenvalue weighted by Gasteiger charge is -2.53. The van der Waals surface area contributed by atoms with Gasteiger partial charge in [0.15, 0.2) is 0 Å². The van der Waals surface area contributed by atoms with Crippen molar-refractivity contribution in [3.63, 3.8) is 0 Å². The van der Waals surface area contributed by atoms with Gasteiger partial charge in [-0.25, -0.2) is 4.39 Å². The zero-order valence-electron chi connectivity index (χ0n) is 16.9. The van der Waals surface area contributed by atoms with Gasteiger partial charge in [-0.2, -0.15) is 0 Å². The molecule has 29 heavy (non-hydrogen) atoms. The zero-order chi connectivity index (χ0) is 20.3. The molecule has 1 aromatic rings. The lowest BCUT2D eigenvalue weighted by atomic mass is 9.51. The van der Waals surface area contributed by atoms with E-state index in [2.05, 4.69) is 17.4 Å². The molecule has 1 unspecified atom stereocenters. The predicted octanol–water partition coefficient (Wildman–Crippen LogP) is 3.37. The van der Waals surface area contributed by atoms with Crippen molar-refractivity contribution in [3.05, 3.63) is 41.7 Å². The summed E-state index contributed by atoms with van der Waals surface area (Å²) in [4.78, 5) is 13.0. The van der Waals surface area contributed by atoms with E-state index in [0.717, 1.165) is 57.3 Å². The van der Waals surface area contributed by atoms with Crippen LogP contribution in [-0.4, -0.2) is 38.3 Å². The van der Waals surface area contributed by atoms with Crippen LogP contribution < -0.4 is 15.8 Å². The zero-order valence-corrected chi connectivity index (χ0v) is 16.9. The molecule has 0 radical (unpaired) electrons. The molecule has 5 rings (SSSR count). The number of benzene rings is 1. The first-order chi connectivity index (χ1) is 14.1. The van der Waals surface area contributed by atoms with Crippen LogP contribution in [0.1, 0.15) is 50.5 Å². The first kappa shape index (κ1) is 20.4. The van der Waals surface area contributed by atoms with Crippen molar-refractivity contribution in [2.75, 3.05) is 26.4 Å². The Bertz CT molecular complexity index is 731. The number of rotatable bonds is 7. The Morgan fingerprint density at radius 2 is 1.90 bits per heavy atom. The van der Waals surface area contributed by atoms with Gasteiger partial charge in [-0.05, 0) is 68.1 Å². The van der Waals surface area contributed by atoms with Crippen molar-refractivity contribution in [3.8, 4) is 5.75 Å². The van der Waals surface area contributed by atoms with Crippen LogP contribution in [0.15, 0.2) is 36.2 Å². The van der Waals surface area contributed by atoms with E-state index in [1.54, 1.807) is 0 Å². The van der Waals surface area contributed by atoms with E-state index >= 15 is 0 Å². The van der Waals surface area contributed by atoms with Crippen molar-refractivity contribution in [1.82, 2.24) is 5.32 Å². The molecule has 1 amide bonds. The number of carbonyl (C=O) groups is 1. The summed E-state index contributed by atoms with van der Waals surface area (Å²) >= 11 is 0. The summed E-state index contributed by atoms with van der Waals surface area (Å²) in [6, 6.07) is 8.36. The largest absolute Gasteiger partial charge is 0.489 e. The number of fused-ring (bicyclic) bond motifs is 3. The number of halogens is 1. The first-order valence-electron chi connectivity index (χ1n) is 10.7. The molecule has 158 valence electrons. The molecule has 2 bridgehead atoms. The van der Waals surface area contributed by atoms with Crippen LogP contribution in [0.2, 0.25) is 0 Å². The molecule has 3 N–H and O–H groups in total. The molecule has 3 aliphatic carbocycles. The quantitative estimate of drug-likeness (QED) is 0.733. The van der Waals surface area contributed by atoms with Crippen LogP contribution >= 0.6 is 0 Å². The maximum absolute atomic E-state index is 13.0. The van der Waals surface area contributed by atoms with Crippen LogP contribution in [0.3, 0.4) is 0 Å². The Balaban J connectivity index is 1.37. The molecule has 1 atom stereocenters. The second-order valence-electron chi connectivity index (χ2n) is 8.88. The average molecular weight is 403 g/mol. The number of amides is 1. The molecular weight excluding hydrogens is 371 g/mol. The topological polar surface area (TPSA) is 73.6 Å². The number of carbonyl (C=O) groups excluding carboxylic acids is 1. The lowest BCUT2D eigenvalue weighted by molar-refractivity contribution is -0.138. The molecule has 3 saturated carbocycles. The SMILES string of the molecule is NC/C(=C\F)COc1ccc(C23CCC(C(=O)NC4CCOC4)(CC2)CC3)cc1. The summed E-state index contributed by atoms with van der Waals surface area (Å²) in [5.41, 5.74) is 7.20. The number of nitrogens with two attached hydrogens (primary N) is 1. The van der Waals surface area contributed by atoms with E-state index in [9.17, 15) is 9.18 Å². The van der Waals surface area contributed by atoms with Gasteiger partial charge in [0, 0.05) is 24.1 Å². The van der Waals surface area contributed by atoms with Gasteiger partial charge in [-0.3, -0.25) is 4.79 Å². The first-order valence-corrected chi connectivity index (χ1v) is 10.7. The molecule has 5 nitrogen and oxygen atoms in total. The Hall–Kier alpha value is -1.92. The summed E-state index contributed by atoms with van der Waals surface area (Å²) in [7, 11) is 0. The van der Waals surface area contributed by atoms with Crippen molar-refractivity contribution >= 4 is 5.91 Å². The molecule has 4 aliphatic rings. The van der Waals surface area contributed by atoms with Gasteiger partial charge in [0.05, 0.1) is 19.0 Å². The maximum Gasteiger partial charge on any atom is 0.226 e. The number of nitrogens with one attached hydrogen (secondary N) is 1. The standard InChI is InChI=1S/C23H31FN2O3/c24-13-17(14-25)15-29-20-3-1-18(2-4-20)22-6-9-23(10-7-22,11-8-22)21(27)26-19-5-12-28-16-19/h1-4,13,19H,5-12,14-16,25H2,(H,26,27)/b17-13+. The van der Waals surface area contributed by atoms with Crippen molar-refractivity contribution in [2.24, 2.45) is 11.1 Å². The smallest absolute Gasteiger partial charge is 0.226 e. The highest BCUT2D eigenvalue weighted by atomic mass is 19.1. The highest BCUT2D eigenvalue weighted by molar-refractivity contribution is 5.83. The third-order valence-corrected chi connectivity index (χ3v) is 7.30. The van der Waals surface area contributed by atoms with Crippen molar-refractivity contribution in [1.29, 1.82) is 0 Å². The van der Waals surface area contributed by atoms with Gasteiger partial charge in [-0.15, -0.1) is 0 Å². The predicted molar refractivity (Wildman–Crippen MR) is 109 cm³/mol. The molecular formula is C23H31FN2O3. The van der Waals surface area contributed by atoms with Gasteiger partial charge < -0.3 is 20.5 Å². The van der Waals surface area contributed by atoms with Gasteiger partial charge in [0.25, 0.3) is 0 Å². The Morgan fingerprint density at radius 1 is 1.21 bits per heavy atom. The second kappa shape index (κ2) is 8.44. The highest BCUT2D eigenvalue weighted by Gasteiger charge is 2.53. The minimum Gasteiger partial charge on any atom is -0.489 e. The van der Waals surface area contributed by atoms with Gasteiger partial charge in [0.1, 0.15) is 12.4 Å². The number of hydrogen-bond donors (Lipinski definition) is 2. The highest BCUT2D eigenvalue weighted by Crippen LogP contribution is 2.58. The fourth-order valence-corrected chi connectivity index (χ4v) is 5.16. The third-order valence-electron chi connectivity index (χ3n) is 7.30. The van der Waals surface area contributed by atoms with Crippen LogP contribution in [-0.2, 0) is 14.9 Å². The minimum atomic E-state index is -0.190. The fraction of sp³-hybridized carbons (Fsp3) is 0.609. The second-order valence-corrected chi connectivity index (χ2v) is 8.88. The van der Waals surface area contributed by atoms with Gasteiger partial charge in [0.2, 0.25) is 5.91 Å². The fourth-order valence-electron chi connectivity index (χ4n) is 5.16. The van der Waals surface area contributed by atoms with Gasteiger partial charge in [-0.1, -0.05) is 12.1 Å². The Morgan fingerprint density at radius 3 is 2.45 bits per heavy atom. The summed E-state index contributed by atoms with van der Waals surface area (Å²) < 4.78 is 23.6. The van der Waals surface area contributed by atoms with E-state index in [1.807, 2.05) is 12.1 Å². The molecule has 0 spiro atoms. The van der Waals surface area contributed by atoms with E-state index in [1.165, 1.54) is 5.56 Å². The third kappa shape index (κ3) is 4.05. The van der Waals surface area contributed by atoms with E-state index in [0.29, 0.717) is 18.5 Å². The monoisotopic (exact) mass is 402 g/mol. The molecule has 1 heterocycles. The van der Waals surface area contributed by atoms with E-state index < -0.39 is 0 Å². The molecule has 0 aromatic heterocycles. The van der Waals surface area contributed by atoms with Crippen LogP contribution in [0.25, 0.3) is 0 Å². The molecule has 1 aliphatic heterocycles. The molecule has 4 fully saturated rings. The van der Waals surface area contributed by atoms with Crippen molar-refractivity contribution in [2.45, 2.75) is 56.4 Å². The van der Waals surface area contributed by atoms with Crippen molar-refractivity contribution < 1.29 is 18.7 Å². The van der Waals surface area contributed by atoms with E-state index in [4.69, 9.17) is 15.2 Å². The molecule has 1 saturated heterocycles. The summed E-state index contributed by atoms with van der Waals surface area (Å²) in [6.45, 7) is 1.72. The maximum atomic E-state index is 13.0. The van der Waals surface area contributed by atoms with Gasteiger partial charge >= 0.3 is 0 Å². The van der Waals surface area contributed by atoms with Crippen LogP contribution in [0, 0.1) is 5.41 Å². The minimum absolute atomic E-state index is 0.154. The number of hydrogen-bond acceptors (Lipinski definition) is 4. The Kier molecular flexibility index (Phi) is 5.93. The number of ether oxygens (including phenoxy) is 2. The lowest BCUT2D eigenvalue weighted by Crippen LogP contribution is -2.53. The average Bonchev–Trinajstić information content (AvgIpc) is 3.29. The van der Waals surface area contributed by atoms with Crippen LogP contribution in [0.4, 0.5) is 4.39 Å². The summed E-state index contributed by atoms with van der Waals surface area (Å²) in [6.07, 6.45) is 7.42. The van der Waals surface area contributed by atoms with Crippen LogP contribution in [0.5, 0.6) is 5.75 Å². The Labute approximate surface area is 171 Å². The normalized spacial score (nSPS) is 31.7. The molecule has 1 aromatic carbocycles. The summed E-state index contributed by atoms with van der Waals surface area (Å²) in [5.74, 6) is 0.957.